The zero-order chi connectivity index (χ0) is 21.1. The molecule has 0 saturated carbocycles. The first kappa shape index (κ1) is 21.1. The highest BCUT2D eigenvalue weighted by atomic mass is 19.4. The topological polar surface area (TPSA) is 63.3 Å². The fraction of sp³-hybridized carbons (Fsp3) is 0.381. The molecule has 1 fully saturated rings. The van der Waals surface area contributed by atoms with E-state index in [2.05, 4.69) is 10.7 Å². The molecule has 3 rings (SSSR count). The van der Waals surface area contributed by atoms with E-state index in [4.69, 9.17) is 4.74 Å². The minimum absolute atomic E-state index is 0.0393. The van der Waals surface area contributed by atoms with E-state index in [0.29, 0.717) is 6.42 Å². The molecule has 156 valence electrons. The average Bonchev–Trinajstić information content (AvgIpc) is 3.44. The normalized spacial score (nSPS) is 22.2. The Kier molecular flexibility index (Phi) is 6.14. The molecule has 1 saturated heterocycles. The van der Waals surface area contributed by atoms with Crippen LogP contribution in [0, 0.1) is 5.92 Å². The van der Waals surface area contributed by atoms with Crippen LogP contribution in [0.2, 0.25) is 0 Å². The fourth-order valence-corrected chi connectivity index (χ4v) is 3.28. The maximum absolute atomic E-state index is 14.0. The van der Waals surface area contributed by atoms with Crippen LogP contribution < -0.4 is 10.7 Å². The monoisotopic (exact) mass is 407 g/mol. The van der Waals surface area contributed by atoms with E-state index in [9.17, 15) is 18.0 Å². The molecule has 2 aromatic rings. The number of rotatable bonds is 7. The van der Waals surface area contributed by atoms with Crippen molar-refractivity contribution >= 4 is 6.09 Å². The van der Waals surface area contributed by atoms with E-state index in [1.54, 1.807) is 30.3 Å². The third-order valence-electron chi connectivity index (χ3n) is 4.70. The lowest BCUT2D eigenvalue weighted by Crippen LogP contribution is -2.46. The standard InChI is InChI=1S/C21H24F3N3O2/c1-15(2)13-18(25-19(28)29-14-16-9-5-3-6-10-16)27-20(26-27,21(22,23)24)17-11-7-4-8-12-17/h3-12,15,18,26H,13-14H2,1-2H3,(H,25,28). The minimum atomic E-state index is -4.57. The van der Waals surface area contributed by atoms with E-state index in [0.717, 1.165) is 10.6 Å². The van der Waals surface area contributed by atoms with Crippen molar-refractivity contribution < 1.29 is 22.7 Å². The number of amides is 1. The van der Waals surface area contributed by atoms with Crippen LogP contribution in [0.1, 0.15) is 31.4 Å². The molecule has 0 aromatic heterocycles. The number of hydrazine groups is 1. The SMILES string of the molecule is CC(C)CC(NC(=O)OCc1ccccc1)N1NC1(c1ccccc1)C(F)(F)F. The van der Waals surface area contributed by atoms with Gasteiger partial charge in [0.2, 0.25) is 5.66 Å². The molecular formula is C21H24F3N3O2. The summed E-state index contributed by atoms with van der Waals surface area (Å²) in [5.74, 6) is 0.0542. The lowest BCUT2D eigenvalue weighted by Gasteiger charge is -2.25. The molecule has 1 aliphatic rings. The first-order chi connectivity index (χ1) is 13.7. The summed E-state index contributed by atoms with van der Waals surface area (Å²) in [4.78, 5) is 12.3. The van der Waals surface area contributed by atoms with Crippen molar-refractivity contribution in [1.82, 2.24) is 15.8 Å². The highest BCUT2D eigenvalue weighted by molar-refractivity contribution is 5.67. The van der Waals surface area contributed by atoms with E-state index >= 15 is 0 Å². The Hall–Kier alpha value is -2.58. The number of ether oxygens (including phenoxy) is 1. The lowest BCUT2D eigenvalue weighted by molar-refractivity contribution is -0.178. The van der Waals surface area contributed by atoms with Gasteiger partial charge in [-0.05, 0) is 23.5 Å². The van der Waals surface area contributed by atoms with Gasteiger partial charge in [-0.15, -0.1) is 0 Å². The Bertz CT molecular complexity index is 815. The van der Waals surface area contributed by atoms with Crippen LogP contribution in [-0.4, -0.2) is 23.4 Å². The van der Waals surface area contributed by atoms with Crippen molar-refractivity contribution in [2.75, 3.05) is 0 Å². The van der Waals surface area contributed by atoms with Crippen molar-refractivity contribution in [3.63, 3.8) is 0 Å². The van der Waals surface area contributed by atoms with Crippen LogP contribution in [0.5, 0.6) is 0 Å². The van der Waals surface area contributed by atoms with Crippen LogP contribution in [0.3, 0.4) is 0 Å². The van der Waals surface area contributed by atoms with E-state index < -0.39 is 24.1 Å². The third kappa shape index (κ3) is 4.71. The number of halogens is 3. The Labute approximate surface area is 167 Å². The summed E-state index contributed by atoms with van der Waals surface area (Å²) < 4.78 is 47.2. The van der Waals surface area contributed by atoms with Crippen molar-refractivity contribution in [2.24, 2.45) is 5.92 Å². The van der Waals surface area contributed by atoms with E-state index in [1.165, 1.54) is 12.1 Å². The maximum atomic E-state index is 14.0. The van der Waals surface area contributed by atoms with Gasteiger partial charge in [0.15, 0.2) is 0 Å². The Morgan fingerprint density at radius 2 is 1.69 bits per heavy atom. The van der Waals surface area contributed by atoms with Gasteiger partial charge >= 0.3 is 12.3 Å². The summed E-state index contributed by atoms with van der Waals surface area (Å²) in [5.41, 5.74) is 0.992. The van der Waals surface area contributed by atoms with Crippen molar-refractivity contribution in [2.45, 2.75) is 44.9 Å². The zero-order valence-corrected chi connectivity index (χ0v) is 16.2. The predicted octanol–water partition coefficient (Wildman–Crippen LogP) is 4.52. The number of alkyl halides is 3. The predicted molar refractivity (Wildman–Crippen MR) is 102 cm³/mol. The number of carbonyl (C=O) groups is 1. The molecule has 8 heteroatoms. The smallest absolute Gasteiger partial charge is 0.427 e. The molecule has 5 nitrogen and oxygen atoms in total. The molecule has 1 amide bonds. The van der Waals surface area contributed by atoms with Crippen molar-refractivity contribution in [1.29, 1.82) is 0 Å². The molecule has 0 radical (unpaired) electrons. The first-order valence-corrected chi connectivity index (χ1v) is 9.40. The second-order valence-electron chi connectivity index (χ2n) is 7.41. The van der Waals surface area contributed by atoms with Gasteiger partial charge in [0, 0.05) is 0 Å². The second-order valence-corrected chi connectivity index (χ2v) is 7.41. The molecule has 3 unspecified atom stereocenters. The first-order valence-electron chi connectivity index (χ1n) is 9.40. The number of carbonyl (C=O) groups excluding carboxylic acids is 1. The number of benzene rings is 2. The highest BCUT2D eigenvalue weighted by Gasteiger charge is 2.73. The highest BCUT2D eigenvalue weighted by Crippen LogP contribution is 2.51. The van der Waals surface area contributed by atoms with Crippen LogP contribution in [0.25, 0.3) is 0 Å². The van der Waals surface area contributed by atoms with Crippen LogP contribution in [-0.2, 0) is 17.0 Å². The summed E-state index contributed by atoms with van der Waals surface area (Å²) in [7, 11) is 0. The van der Waals surface area contributed by atoms with Crippen LogP contribution >= 0.6 is 0 Å². The van der Waals surface area contributed by atoms with Gasteiger partial charge in [0.25, 0.3) is 0 Å². The average molecular weight is 407 g/mol. The number of nitrogens with one attached hydrogen (secondary N) is 2. The van der Waals surface area contributed by atoms with Gasteiger partial charge < -0.3 is 10.1 Å². The van der Waals surface area contributed by atoms with Gasteiger partial charge in [-0.25, -0.2) is 10.2 Å². The largest absolute Gasteiger partial charge is 0.445 e. The van der Waals surface area contributed by atoms with Gasteiger partial charge in [-0.2, -0.15) is 18.2 Å². The quantitative estimate of drug-likeness (QED) is 0.663. The van der Waals surface area contributed by atoms with Gasteiger partial charge in [0.05, 0.1) is 0 Å². The van der Waals surface area contributed by atoms with Gasteiger partial charge in [0.1, 0.15) is 12.8 Å². The second kappa shape index (κ2) is 8.42. The number of nitrogens with zero attached hydrogens (tertiary/aromatic N) is 1. The number of hydrogen-bond acceptors (Lipinski definition) is 4. The van der Waals surface area contributed by atoms with Crippen molar-refractivity contribution in [3.05, 3.63) is 71.8 Å². The molecule has 29 heavy (non-hydrogen) atoms. The zero-order valence-electron chi connectivity index (χ0n) is 16.2. The lowest BCUT2D eigenvalue weighted by atomic mass is 10.0. The van der Waals surface area contributed by atoms with Crippen LogP contribution in [0.4, 0.5) is 18.0 Å². The summed E-state index contributed by atoms with van der Waals surface area (Å²) >= 11 is 0. The maximum Gasteiger partial charge on any atom is 0.427 e. The summed E-state index contributed by atoms with van der Waals surface area (Å²) in [6.45, 7) is 3.80. The molecule has 2 aromatic carbocycles. The molecule has 1 heterocycles. The summed E-state index contributed by atoms with van der Waals surface area (Å²) in [6.07, 6.45) is -5.91. The van der Waals surface area contributed by atoms with Gasteiger partial charge in [-0.3, -0.25) is 0 Å². The molecule has 2 N–H and O–H groups in total. The fourth-order valence-electron chi connectivity index (χ4n) is 3.28. The Morgan fingerprint density at radius 1 is 1.10 bits per heavy atom. The molecule has 0 bridgehead atoms. The Morgan fingerprint density at radius 3 is 2.24 bits per heavy atom. The molecular weight excluding hydrogens is 383 g/mol. The van der Waals surface area contributed by atoms with E-state index in [1.807, 2.05) is 32.0 Å². The third-order valence-corrected chi connectivity index (χ3v) is 4.70. The van der Waals surface area contributed by atoms with Gasteiger partial charge in [-0.1, -0.05) is 74.5 Å². The molecule has 0 spiro atoms. The number of alkyl carbamates (subject to hydrolysis) is 1. The van der Waals surface area contributed by atoms with E-state index in [-0.39, 0.29) is 18.1 Å². The van der Waals surface area contributed by atoms with Crippen LogP contribution in [0.15, 0.2) is 60.7 Å². The summed E-state index contributed by atoms with van der Waals surface area (Å²) in [6, 6.07) is 16.7. The molecule has 0 aliphatic carbocycles. The summed E-state index contributed by atoms with van der Waals surface area (Å²) in [5, 5.41) is 3.63. The molecule has 3 atom stereocenters. The van der Waals surface area contributed by atoms with Crippen molar-refractivity contribution in [3.8, 4) is 0 Å². The minimum Gasteiger partial charge on any atom is -0.445 e. The Balaban J connectivity index is 1.74. The molecule has 1 aliphatic heterocycles. The number of hydrogen-bond donors (Lipinski definition) is 2.